The van der Waals surface area contributed by atoms with Gasteiger partial charge in [0.25, 0.3) is 0 Å². The van der Waals surface area contributed by atoms with Crippen LogP contribution in [0.2, 0.25) is 18.1 Å². The summed E-state index contributed by atoms with van der Waals surface area (Å²) in [6.45, 7) is 22.7. The predicted octanol–water partition coefficient (Wildman–Crippen LogP) is 4.43. The molecule has 0 heterocycles. The van der Waals surface area contributed by atoms with Crippen LogP contribution in [0.15, 0.2) is 0 Å². The molecule has 218 valence electrons. The van der Waals surface area contributed by atoms with Crippen molar-refractivity contribution < 1.29 is 28.3 Å². The number of unbranched alkanes of at least 4 members (excludes halogenated alkanes) is 1. The number of hydrogen-bond acceptors (Lipinski definition) is 7. The number of nitrogens with two attached hydrogens (primary N) is 1. The van der Waals surface area contributed by atoms with E-state index in [2.05, 4.69) is 49.8 Å². The largest absolute Gasteiger partial charge is 0.444 e. The molecular formula is C26H54N4O6Si. The molecule has 3 amide bonds. The van der Waals surface area contributed by atoms with Crippen LogP contribution in [0.4, 0.5) is 9.59 Å². The Kier molecular flexibility index (Phi) is 14.2. The van der Waals surface area contributed by atoms with Gasteiger partial charge >= 0.3 is 12.2 Å². The second-order valence-electron chi connectivity index (χ2n) is 13.0. The summed E-state index contributed by atoms with van der Waals surface area (Å²) in [6, 6.07) is -0.993. The van der Waals surface area contributed by atoms with Crippen LogP contribution < -0.4 is 21.7 Å². The van der Waals surface area contributed by atoms with E-state index in [4.69, 9.17) is 19.6 Å². The van der Waals surface area contributed by atoms with Crippen molar-refractivity contribution in [3.05, 3.63) is 0 Å². The number of ether oxygens (including phenoxy) is 2. The maximum absolute atomic E-state index is 12.8. The molecule has 0 fully saturated rings. The van der Waals surface area contributed by atoms with Crippen LogP contribution >= 0.6 is 0 Å². The zero-order valence-corrected chi connectivity index (χ0v) is 26.1. The Morgan fingerprint density at radius 2 is 1.27 bits per heavy atom. The summed E-state index contributed by atoms with van der Waals surface area (Å²) in [5, 5.41) is 8.47. The van der Waals surface area contributed by atoms with Crippen molar-refractivity contribution in [1.82, 2.24) is 16.0 Å². The number of carbonyl (C=O) groups excluding carboxylic acids is 3. The van der Waals surface area contributed by atoms with Crippen molar-refractivity contribution in [2.75, 3.05) is 19.7 Å². The third-order valence-electron chi connectivity index (χ3n) is 5.91. The van der Waals surface area contributed by atoms with Crippen molar-refractivity contribution in [3.8, 4) is 0 Å². The summed E-state index contributed by atoms with van der Waals surface area (Å²) in [5.41, 5.74) is 5.01. The molecule has 0 spiro atoms. The van der Waals surface area contributed by atoms with Gasteiger partial charge in [-0.3, -0.25) is 4.79 Å². The highest BCUT2D eigenvalue weighted by atomic mass is 28.4. The van der Waals surface area contributed by atoms with Gasteiger partial charge < -0.3 is 35.6 Å². The normalized spacial score (nSPS) is 14.4. The maximum Gasteiger partial charge on any atom is 0.407 e. The lowest BCUT2D eigenvalue weighted by atomic mass is 10.1. The molecule has 0 aliphatic carbocycles. The second kappa shape index (κ2) is 14.9. The highest BCUT2D eigenvalue weighted by molar-refractivity contribution is 6.74. The first kappa shape index (κ1) is 35.1. The first-order valence-electron chi connectivity index (χ1n) is 13.3. The molecule has 0 rings (SSSR count). The van der Waals surface area contributed by atoms with Crippen molar-refractivity contribution >= 4 is 26.4 Å². The van der Waals surface area contributed by atoms with E-state index in [1.54, 1.807) is 20.8 Å². The lowest BCUT2D eigenvalue weighted by Gasteiger charge is -2.37. The summed E-state index contributed by atoms with van der Waals surface area (Å²) in [5.74, 6) is -0.263. The Bertz CT molecular complexity index is 726. The number of amides is 3. The summed E-state index contributed by atoms with van der Waals surface area (Å²) >= 11 is 0. The highest BCUT2D eigenvalue weighted by Gasteiger charge is 2.37. The number of nitrogens with one attached hydrogen (secondary N) is 3. The molecule has 0 aromatic heterocycles. The minimum Gasteiger partial charge on any atom is -0.444 e. The Labute approximate surface area is 225 Å². The quantitative estimate of drug-likeness (QED) is 0.198. The van der Waals surface area contributed by atoms with E-state index in [0.717, 1.165) is 0 Å². The van der Waals surface area contributed by atoms with Gasteiger partial charge in [-0.25, -0.2) is 9.59 Å². The fourth-order valence-corrected chi connectivity index (χ4v) is 3.87. The summed E-state index contributed by atoms with van der Waals surface area (Å²) in [7, 11) is -2.03. The van der Waals surface area contributed by atoms with E-state index >= 15 is 0 Å². The number of rotatable bonds is 13. The number of alkyl carbamates (subject to hydrolysis) is 2. The SMILES string of the molecule is CC(C)(C)OC(=O)NCCCC[C@H](N)C(=O)N[C@H](CCNC(=O)OC(C)(C)C)CO[Si](C)(C)C(C)(C)C. The lowest BCUT2D eigenvalue weighted by Crippen LogP contribution is -2.50. The highest BCUT2D eigenvalue weighted by Crippen LogP contribution is 2.36. The van der Waals surface area contributed by atoms with E-state index in [0.29, 0.717) is 45.4 Å². The topological polar surface area (TPSA) is 141 Å². The molecule has 0 aliphatic rings. The molecule has 0 saturated carbocycles. The van der Waals surface area contributed by atoms with E-state index in [1.807, 2.05) is 20.8 Å². The van der Waals surface area contributed by atoms with E-state index in [9.17, 15) is 14.4 Å². The Morgan fingerprint density at radius 3 is 1.73 bits per heavy atom. The molecule has 0 aromatic rings. The molecular weight excluding hydrogens is 492 g/mol. The molecule has 0 aromatic carbocycles. The van der Waals surface area contributed by atoms with Crippen LogP contribution in [0, 0.1) is 0 Å². The van der Waals surface area contributed by atoms with Crippen LogP contribution in [0.25, 0.3) is 0 Å². The van der Waals surface area contributed by atoms with Gasteiger partial charge in [-0.2, -0.15) is 0 Å². The molecule has 2 atom stereocenters. The molecule has 0 saturated heterocycles. The average Bonchev–Trinajstić information content (AvgIpc) is 2.67. The van der Waals surface area contributed by atoms with E-state index < -0.39 is 37.7 Å². The zero-order chi connectivity index (χ0) is 29.1. The summed E-state index contributed by atoms with van der Waals surface area (Å²) in [6.07, 6.45) is 1.35. The molecule has 0 aliphatic heterocycles. The predicted molar refractivity (Wildman–Crippen MR) is 150 cm³/mol. The third-order valence-corrected chi connectivity index (χ3v) is 10.4. The van der Waals surface area contributed by atoms with Crippen molar-refractivity contribution in [2.45, 2.75) is 129 Å². The molecule has 0 radical (unpaired) electrons. The summed E-state index contributed by atoms with van der Waals surface area (Å²) < 4.78 is 16.8. The van der Waals surface area contributed by atoms with Crippen molar-refractivity contribution in [1.29, 1.82) is 0 Å². The van der Waals surface area contributed by atoms with Crippen molar-refractivity contribution in [3.63, 3.8) is 0 Å². The Hall–Kier alpha value is -1.85. The van der Waals surface area contributed by atoms with Crippen LogP contribution in [0.1, 0.15) is 88.0 Å². The first-order chi connectivity index (χ1) is 16.6. The average molecular weight is 547 g/mol. The number of hydrogen-bond donors (Lipinski definition) is 4. The molecule has 0 unspecified atom stereocenters. The van der Waals surface area contributed by atoms with Crippen LogP contribution in [0.5, 0.6) is 0 Å². The second-order valence-corrected chi connectivity index (χ2v) is 17.8. The number of carbonyl (C=O) groups is 3. The Balaban J connectivity index is 4.79. The monoisotopic (exact) mass is 546 g/mol. The van der Waals surface area contributed by atoms with Gasteiger partial charge in [0.1, 0.15) is 11.2 Å². The Morgan fingerprint density at radius 1 is 0.784 bits per heavy atom. The van der Waals surface area contributed by atoms with Gasteiger partial charge in [0.2, 0.25) is 5.91 Å². The fraction of sp³-hybridized carbons (Fsp3) is 0.885. The summed E-state index contributed by atoms with van der Waals surface area (Å²) in [4.78, 5) is 36.5. The first-order valence-corrected chi connectivity index (χ1v) is 16.2. The molecule has 10 nitrogen and oxygen atoms in total. The van der Waals surface area contributed by atoms with Crippen LogP contribution in [-0.2, 0) is 18.7 Å². The third kappa shape index (κ3) is 17.3. The minimum absolute atomic E-state index is 0.0278. The van der Waals surface area contributed by atoms with Crippen molar-refractivity contribution in [2.24, 2.45) is 5.73 Å². The van der Waals surface area contributed by atoms with E-state index in [1.165, 1.54) is 0 Å². The van der Waals surface area contributed by atoms with Crippen LogP contribution in [-0.4, -0.2) is 69.4 Å². The minimum atomic E-state index is -2.03. The van der Waals surface area contributed by atoms with Gasteiger partial charge in [-0.15, -0.1) is 0 Å². The smallest absolute Gasteiger partial charge is 0.407 e. The van der Waals surface area contributed by atoms with Crippen LogP contribution in [0.3, 0.4) is 0 Å². The van der Waals surface area contributed by atoms with E-state index in [-0.39, 0.29) is 17.0 Å². The maximum atomic E-state index is 12.8. The van der Waals surface area contributed by atoms with Gasteiger partial charge in [0, 0.05) is 13.1 Å². The molecule has 5 N–H and O–H groups in total. The fourth-order valence-electron chi connectivity index (χ4n) is 2.82. The lowest BCUT2D eigenvalue weighted by molar-refractivity contribution is -0.123. The molecule has 0 bridgehead atoms. The standard InChI is InChI=1S/C26H54N4O6Si/c1-24(2,3)35-22(32)28-16-13-12-14-20(27)21(31)30-19(18-34-37(10,11)26(7,8)9)15-17-29-23(33)36-25(4,5)6/h19-20H,12-18,27H2,1-11H3,(H,28,32)(H,29,33)(H,30,31)/t19-,20+/m1/s1. The molecule has 37 heavy (non-hydrogen) atoms. The molecule has 11 heteroatoms. The van der Waals surface area contributed by atoms with Gasteiger partial charge in [-0.1, -0.05) is 20.8 Å². The van der Waals surface area contributed by atoms with Gasteiger partial charge in [-0.05, 0) is 85.4 Å². The van der Waals surface area contributed by atoms with Gasteiger partial charge in [0.15, 0.2) is 8.32 Å². The van der Waals surface area contributed by atoms with Gasteiger partial charge in [0.05, 0.1) is 18.7 Å². The zero-order valence-electron chi connectivity index (χ0n) is 25.1.